The highest BCUT2D eigenvalue weighted by Gasteiger charge is 2.04. The molecule has 0 aliphatic heterocycles. The van der Waals surface area contributed by atoms with Crippen molar-refractivity contribution in [3.8, 4) is 11.8 Å². The molecule has 4 nitrogen and oxygen atoms in total. The number of aryl methyl sites for hydroxylation is 1. The Kier molecular flexibility index (Phi) is 3.47. The molecule has 0 aromatic carbocycles. The second-order valence-electron chi connectivity index (χ2n) is 2.83. The van der Waals surface area contributed by atoms with Crippen molar-refractivity contribution in [2.24, 2.45) is 0 Å². The van der Waals surface area contributed by atoms with Crippen molar-refractivity contribution in [3.63, 3.8) is 0 Å². The molecule has 0 fully saturated rings. The Bertz CT molecular complexity index is 321. The molecular formula is C9H13N3O. The maximum atomic E-state index is 4.96. The zero-order valence-electron chi connectivity index (χ0n) is 8.16. The second kappa shape index (κ2) is 4.63. The number of hydrogen-bond donors (Lipinski definition) is 0. The first-order valence-corrected chi connectivity index (χ1v) is 4.09. The Morgan fingerprint density at radius 3 is 2.85 bits per heavy atom. The molecule has 1 heterocycles. The normalized spacial score (nSPS) is 9.85. The van der Waals surface area contributed by atoms with Gasteiger partial charge in [0.15, 0.2) is 5.82 Å². The number of nitrogens with zero attached hydrogens (tertiary/aromatic N) is 3. The Hall–Kier alpha value is -1.34. The molecule has 0 bridgehead atoms. The largest absolute Gasteiger partial charge is 0.338 e. The lowest BCUT2D eigenvalue weighted by Crippen LogP contribution is -2.18. The summed E-state index contributed by atoms with van der Waals surface area (Å²) in [6.45, 7) is 5.00. The van der Waals surface area contributed by atoms with Gasteiger partial charge in [0.25, 0.3) is 0 Å². The smallest absolute Gasteiger partial charge is 0.240 e. The third-order valence-corrected chi connectivity index (χ3v) is 1.50. The standard InChI is InChI=1S/C9H13N3O/c1-4-5-6-12(3)7-9-10-8(2)11-13-9/h6-7H2,1-3H3. The third-order valence-electron chi connectivity index (χ3n) is 1.50. The Balaban J connectivity index is 2.43. The summed E-state index contributed by atoms with van der Waals surface area (Å²) in [4.78, 5) is 6.11. The molecule has 0 aliphatic rings. The molecule has 0 saturated carbocycles. The highest BCUT2D eigenvalue weighted by Crippen LogP contribution is 1.98. The average Bonchev–Trinajstić information content (AvgIpc) is 2.48. The summed E-state index contributed by atoms with van der Waals surface area (Å²) in [5.74, 6) is 7.10. The second-order valence-corrected chi connectivity index (χ2v) is 2.83. The zero-order chi connectivity index (χ0) is 9.68. The van der Waals surface area contributed by atoms with Gasteiger partial charge >= 0.3 is 0 Å². The van der Waals surface area contributed by atoms with E-state index >= 15 is 0 Å². The lowest BCUT2D eigenvalue weighted by atomic mass is 10.5. The van der Waals surface area contributed by atoms with Crippen LogP contribution in [0.15, 0.2) is 4.52 Å². The van der Waals surface area contributed by atoms with Gasteiger partial charge in [-0.05, 0) is 20.9 Å². The fraction of sp³-hybridized carbons (Fsp3) is 0.556. The van der Waals surface area contributed by atoms with Gasteiger partial charge in [0.05, 0.1) is 13.1 Å². The Morgan fingerprint density at radius 1 is 1.54 bits per heavy atom. The summed E-state index contributed by atoms with van der Waals surface area (Å²) in [5, 5.41) is 3.70. The quantitative estimate of drug-likeness (QED) is 0.645. The van der Waals surface area contributed by atoms with Crippen LogP contribution in [-0.4, -0.2) is 28.6 Å². The van der Waals surface area contributed by atoms with Crippen LogP contribution in [0.2, 0.25) is 0 Å². The van der Waals surface area contributed by atoms with Gasteiger partial charge in [-0.3, -0.25) is 4.90 Å². The van der Waals surface area contributed by atoms with E-state index in [4.69, 9.17) is 4.52 Å². The Morgan fingerprint density at radius 2 is 2.31 bits per heavy atom. The van der Waals surface area contributed by atoms with Crippen molar-refractivity contribution in [3.05, 3.63) is 11.7 Å². The van der Waals surface area contributed by atoms with Crippen LogP contribution in [0.25, 0.3) is 0 Å². The SMILES string of the molecule is CC#CCN(C)Cc1nc(C)no1. The summed E-state index contributed by atoms with van der Waals surface area (Å²) in [7, 11) is 1.96. The summed E-state index contributed by atoms with van der Waals surface area (Å²) in [5.41, 5.74) is 0. The van der Waals surface area contributed by atoms with Crippen LogP contribution in [0.5, 0.6) is 0 Å². The van der Waals surface area contributed by atoms with Gasteiger partial charge in [-0.2, -0.15) is 4.98 Å². The highest BCUT2D eigenvalue weighted by atomic mass is 16.5. The first kappa shape index (κ1) is 9.75. The minimum atomic E-state index is 0.637. The molecule has 0 atom stereocenters. The maximum absolute atomic E-state index is 4.96. The molecule has 1 rings (SSSR count). The summed E-state index contributed by atoms with van der Waals surface area (Å²) in [6.07, 6.45) is 0. The number of aromatic nitrogens is 2. The predicted molar refractivity (Wildman–Crippen MR) is 48.8 cm³/mol. The van der Waals surface area contributed by atoms with E-state index in [2.05, 4.69) is 22.0 Å². The van der Waals surface area contributed by atoms with Crippen molar-refractivity contribution in [1.82, 2.24) is 15.0 Å². The van der Waals surface area contributed by atoms with Gasteiger partial charge in [0.1, 0.15) is 0 Å². The summed E-state index contributed by atoms with van der Waals surface area (Å²) in [6, 6.07) is 0. The van der Waals surface area contributed by atoms with Gasteiger partial charge in [-0.25, -0.2) is 0 Å². The van der Waals surface area contributed by atoms with E-state index in [0.29, 0.717) is 18.3 Å². The van der Waals surface area contributed by atoms with E-state index in [9.17, 15) is 0 Å². The van der Waals surface area contributed by atoms with Crippen molar-refractivity contribution in [1.29, 1.82) is 0 Å². The first-order valence-electron chi connectivity index (χ1n) is 4.09. The highest BCUT2D eigenvalue weighted by molar-refractivity contribution is 4.97. The molecule has 4 heteroatoms. The molecule has 0 aliphatic carbocycles. The molecule has 0 N–H and O–H groups in total. The van der Waals surface area contributed by atoms with Crippen molar-refractivity contribution >= 4 is 0 Å². The predicted octanol–water partition coefficient (Wildman–Crippen LogP) is 0.833. The van der Waals surface area contributed by atoms with E-state index < -0.39 is 0 Å². The van der Waals surface area contributed by atoms with Gasteiger partial charge in [0.2, 0.25) is 5.89 Å². The van der Waals surface area contributed by atoms with Crippen LogP contribution in [0.4, 0.5) is 0 Å². The number of rotatable bonds is 3. The van der Waals surface area contributed by atoms with Crippen molar-refractivity contribution in [2.45, 2.75) is 20.4 Å². The van der Waals surface area contributed by atoms with E-state index in [0.717, 1.165) is 6.54 Å². The van der Waals surface area contributed by atoms with E-state index in [-0.39, 0.29) is 0 Å². The molecule has 0 radical (unpaired) electrons. The minimum absolute atomic E-state index is 0.637. The third kappa shape index (κ3) is 3.26. The topological polar surface area (TPSA) is 42.2 Å². The van der Waals surface area contributed by atoms with Gasteiger partial charge in [-0.1, -0.05) is 11.1 Å². The van der Waals surface area contributed by atoms with Crippen LogP contribution in [-0.2, 0) is 6.54 Å². The lowest BCUT2D eigenvalue weighted by molar-refractivity contribution is 0.287. The summed E-state index contributed by atoms with van der Waals surface area (Å²) < 4.78 is 4.96. The first-order chi connectivity index (χ1) is 6.22. The Labute approximate surface area is 77.9 Å². The fourth-order valence-electron chi connectivity index (χ4n) is 0.905. The zero-order valence-corrected chi connectivity index (χ0v) is 8.16. The van der Waals surface area contributed by atoms with E-state index in [1.807, 2.05) is 18.9 Å². The molecule has 0 amide bonds. The van der Waals surface area contributed by atoms with Crippen molar-refractivity contribution in [2.75, 3.05) is 13.6 Å². The molecule has 70 valence electrons. The monoisotopic (exact) mass is 179 g/mol. The van der Waals surface area contributed by atoms with Crippen LogP contribution < -0.4 is 0 Å². The molecule has 1 aromatic rings. The average molecular weight is 179 g/mol. The molecule has 0 unspecified atom stereocenters. The minimum Gasteiger partial charge on any atom is -0.338 e. The van der Waals surface area contributed by atoms with Crippen LogP contribution >= 0.6 is 0 Å². The van der Waals surface area contributed by atoms with E-state index in [1.54, 1.807) is 6.92 Å². The molecule has 0 saturated heterocycles. The summed E-state index contributed by atoms with van der Waals surface area (Å²) >= 11 is 0. The van der Waals surface area contributed by atoms with E-state index in [1.165, 1.54) is 0 Å². The molecular weight excluding hydrogens is 166 g/mol. The van der Waals surface area contributed by atoms with Crippen LogP contribution in [0.3, 0.4) is 0 Å². The van der Waals surface area contributed by atoms with Crippen molar-refractivity contribution < 1.29 is 4.52 Å². The lowest BCUT2D eigenvalue weighted by Gasteiger charge is -2.08. The van der Waals surface area contributed by atoms with Gasteiger partial charge in [-0.15, -0.1) is 5.92 Å². The van der Waals surface area contributed by atoms with Crippen LogP contribution in [0.1, 0.15) is 18.6 Å². The molecule has 0 spiro atoms. The maximum Gasteiger partial charge on any atom is 0.240 e. The van der Waals surface area contributed by atoms with Gasteiger partial charge < -0.3 is 4.52 Å². The van der Waals surface area contributed by atoms with Gasteiger partial charge in [0, 0.05) is 0 Å². The molecule has 13 heavy (non-hydrogen) atoms. The fourth-order valence-corrected chi connectivity index (χ4v) is 0.905. The number of hydrogen-bond acceptors (Lipinski definition) is 4. The molecule has 1 aromatic heterocycles. The van der Waals surface area contributed by atoms with Crippen LogP contribution in [0, 0.1) is 18.8 Å².